The van der Waals surface area contributed by atoms with Gasteiger partial charge in [-0.25, -0.2) is 4.98 Å². The van der Waals surface area contributed by atoms with Crippen LogP contribution in [0.3, 0.4) is 0 Å². The van der Waals surface area contributed by atoms with Crippen LogP contribution in [0.15, 0.2) is 42.5 Å². The summed E-state index contributed by atoms with van der Waals surface area (Å²) >= 11 is 1.55. The van der Waals surface area contributed by atoms with Gasteiger partial charge in [0.2, 0.25) is 0 Å². The van der Waals surface area contributed by atoms with E-state index in [1.165, 1.54) is 12.1 Å². The van der Waals surface area contributed by atoms with Crippen molar-refractivity contribution in [3.8, 4) is 33.3 Å². The van der Waals surface area contributed by atoms with E-state index in [2.05, 4.69) is 0 Å². The van der Waals surface area contributed by atoms with Crippen LogP contribution in [0.25, 0.3) is 21.8 Å². The van der Waals surface area contributed by atoms with E-state index in [4.69, 9.17) is 14.5 Å². The molecule has 25 heavy (non-hydrogen) atoms. The first-order valence-electron chi connectivity index (χ1n) is 7.48. The predicted molar refractivity (Wildman–Crippen MR) is 97.5 cm³/mol. The van der Waals surface area contributed by atoms with E-state index in [1.807, 2.05) is 25.1 Å². The van der Waals surface area contributed by atoms with Crippen LogP contribution in [0.2, 0.25) is 0 Å². The molecule has 7 heteroatoms. The maximum Gasteiger partial charge on any atom is 0.269 e. The van der Waals surface area contributed by atoms with Gasteiger partial charge in [0.1, 0.15) is 5.01 Å². The lowest BCUT2D eigenvalue weighted by molar-refractivity contribution is -0.384. The first-order valence-corrected chi connectivity index (χ1v) is 8.29. The van der Waals surface area contributed by atoms with E-state index in [0.29, 0.717) is 11.5 Å². The summed E-state index contributed by atoms with van der Waals surface area (Å²) in [6, 6.07) is 12.1. The minimum absolute atomic E-state index is 0.0668. The van der Waals surface area contributed by atoms with Crippen LogP contribution in [0.1, 0.15) is 4.88 Å². The number of ether oxygens (including phenoxy) is 2. The fraction of sp³-hybridized carbons (Fsp3) is 0.167. The van der Waals surface area contributed by atoms with Crippen molar-refractivity contribution >= 4 is 17.0 Å². The Morgan fingerprint density at radius 2 is 1.64 bits per heavy atom. The Morgan fingerprint density at radius 3 is 2.24 bits per heavy atom. The Morgan fingerprint density at radius 1 is 1.00 bits per heavy atom. The molecule has 6 nitrogen and oxygen atoms in total. The largest absolute Gasteiger partial charge is 0.493 e. The van der Waals surface area contributed by atoms with Crippen LogP contribution in [-0.2, 0) is 0 Å². The van der Waals surface area contributed by atoms with Crippen molar-refractivity contribution in [2.75, 3.05) is 14.2 Å². The minimum Gasteiger partial charge on any atom is -0.493 e. The lowest BCUT2D eigenvalue weighted by atomic mass is 10.1. The van der Waals surface area contributed by atoms with Crippen LogP contribution in [-0.4, -0.2) is 24.1 Å². The second-order valence-electron chi connectivity index (χ2n) is 5.30. The molecule has 0 aliphatic heterocycles. The van der Waals surface area contributed by atoms with Crippen molar-refractivity contribution in [2.24, 2.45) is 0 Å². The van der Waals surface area contributed by atoms with E-state index < -0.39 is 4.92 Å². The molecule has 0 fully saturated rings. The zero-order chi connectivity index (χ0) is 18.0. The van der Waals surface area contributed by atoms with Crippen LogP contribution < -0.4 is 9.47 Å². The van der Waals surface area contributed by atoms with Crippen molar-refractivity contribution in [1.29, 1.82) is 0 Å². The fourth-order valence-corrected chi connectivity index (χ4v) is 3.44. The summed E-state index contributed by atoms with van der Waals surface area (Å²) < 4.78 is 10.6. The number of aromatic nitrogens is 1. The molecule has 0 aliphatic carbocycles. The molecule has 0 saturated carbocycles. The van der Waals surface area contributed by atoms with Crippen molar-refractivity contribution in [3.05, 3.63) is 57.5 Å². The molecule has 0 atom stereocenters. The molecule has 0 aliphatic rings. The van der Waals surface area contributed by atoms with Gasteiger partial charge >= 0.3 is 0 Å². The minimum atomic E-state index is -0.411. The Balaban J connectivity index is 1.99. The summed E-state index contributed by atoms with van der Waals surface area (Å²) in [6.07, 6.45) is 0. The van der Waals surface area contributed by atoms with Crippen LogP contribution >= 0.6 is 11.3 Å². The summed E-state index contributed by atoms with van der Waals surface area (Å²) in [4.78, 5) is 16.1. The summed E-state index contributed by atoms with van der Waals surface area (Å²) in [5.74, 6) is 1.30. The topological polar surface area (TPSA) is 74.5 Å². The quantitative estimate of drug-likeness (QED) is 0.489. The molecule has 3 rings (SSSR count). The number of non-ortho nitro benzene ring substituents is 1. The number of nitro groups is 1. The molecule has 3 aromatic rings. The first kappa shape index (κ1) is 16.9. The third kappa shape index (κ3) is 3.32. The van der Waals surface area contributed by atoms with Crippen molar-refractivity contribution in [3.63, 3.8) is 0 Å². The van der Waals surface area contributed by atoms with E-state index in [-0.39, 0.29) is 5.69 Å². The molecule has 128 valence electrons. The van der Waals surface area contributed by atoms with Gasteiger partial charge in [-0.05, 0) is 37.3 Å². The number of rotatable bonds is 5. The first-order chi connectivity index (χ1) is 12.0. The zero-order valence-electron chi connectivity index (χ0n) is 14.0. The van der Waals surface area contributed by atoms with Gasteiger partial charge in [-0.3, -0.25) is 10.1 Å². The second-order valence-corrected chi connectivity index (χ2v) is 6.50. The van der Waals surface area contributed by atoms with E-state index in [9.17, 15) is 10.1 Å². The number of hydrogen-bond acceptors (Lipinski definition) is 6. The number of hydrogen-bond donors (Lipinski definition) is 0. The molecule has 0 spiro atoms. The Labute approximate surface area is 148 Å². The van der Waals surface area contributed by atoms with Crippen LogP contribution in [0, 0.1) is 17.0 Å². The van der Waals surface area contributed by atoms with E-state index in [0.717, 1.165) is 26.7 Å². The van der Waals surface area contributed by atoms with Crippen molar-refractivity contribution in [2.45, 2.75) is 6.92 Å². The Hall–Kier alpha value is -2.93. The average molecular weight is 356 g/mol. The van der Waals surface area contributed by atoms with E-state index >= 15 is 0 Å². The van der Waals surface area contributed by atoms with Gasteiger partial charge in [0.05, 0.1) is 24.8 Å². The molecule has 2 aromatic carbocycles. The highest BCUT2D eigenvalue weighted by atomic mass is 32.1. The lowest BCUT2D eigenvalue weighted by Crippen LogP contribution is -1.91. The summed E-state index contributed by atoms with van der Waals surface area (Å²) in [5.41, 5.74) is 2.71. The summed E-state index contributed by atoms with van der Waals surface area (Å²) in [6.45, 7) is 2.00. The summed E-state index contributed by atoms with van der Waals surface area (Å²) in [5, 5.41) is 11.6. The van der Waals surface area contributed by atoms with Gasteiger partial charge < -0.3 is 9.47 Å². The van der Waals surface area contributed by atoms with Gasteiger partial charge in [-0.15, -0.1) is 11.3 Å². The van der Waals surface area contributed by atoms with Crippen molar-refractivity contribution < 1.29 is 14.4 Å². The molecule has 1 aromatic heterocycles. The van der Waals surface area contributed by atoms with Gasteiger partial charge in [0.15, 0.2) is 11.5 Å². The zero-order valence-corrected chi connectivity index (χ0v) is 14.8. The lowest BCUT2D eigenvalue weighted by Gasteiger charge is -2.08. The number of nitrogens with zero attached hydrogens (tertiary/aromatic N) is 2. The Kier molecular flexibility index (Phi) is 4.67. The number of methoxy groups -OCH3 is 2. The third-order valence-corrected chi connectivity index (χ3v) is 4.80. The third-order valence-electron chi connectivity index (χ3n) is 3.78. The normalized spacial score (nSPS) is 10.5. The smallest absolute Gasteiger partial charge is 0.269 e. The highest BCUT2D eigenvalue weighted by Crippen LogP contribution is 2.37. The highest BCUT2D eigenvalue weighted by Gasteiger charge is 2.14. The number of aryl methyl sites for hydroxylation is 1. The monoisotopic (exact) mass is 356 g/mol. The molecule has 0 unspecified atom stereocenters. The molecule has 0 bridgehead atoms. The van der Waals surface area contributed by atoms with E-state index in [1.54, 1.807) is 37.7 Å². The molecule has 0 N–H and O–H groups in total. The van der Waals surface area contributed by atoms with Gasteiger partial charge in [0.25, 0.3) is 5.69 Å². The highest BCUT2D eigenvalue weighted by molar-refractivity contribution is 7.15. The summed E-state index contributed by atoms with van der Waals surface area (Å²) in [7, 11) is 3.19. The van der Waals surface area contributed by atoms with Gasteiger partial charge in [0, 0.05) is 28.1 Å². The van der Waals surface area contributed by atoms with Crippen LogP contribution in [0.5, 0.6) is 11.5 Å². The maximum absolute atomic E-state index is 10.8. The fourth-order valence-electron chi connectivity index (χ4n) is 2.50. The van der Waals surface area contributed by atoms with Gasteiger partial charge in [-0.1, -0.05) is 0 Å². The standard InChI is InChI=1S/C18H16N2O4S/c1-11-17(13-6-9-15(23-2)16(10-13)24-3)19-18(25-11)12-4-7-14(8-5-12)20(21)22/h4-10H,1-3H3. The number of nitro benzene ring substituents is 1. The Bertz CT molecular complexity index is 919. The molecule has 0 radical (unpaired) electrons. The maximum atomic E-state index is 10.8. The second kappa shape index (κ2) is 6.90. The number of thiazole rings is 1. The predicted octanol–water partition coefficient (Wildman–Crippen LogP) is 4.71. The molecule has 0 amide bonds. The molecular weight excluding hydrogens is 340 g/mol. The molecule has 1 heterocycles. The van der Waals surface area contributed by atoms with Crippen LogP contribution in [0.4, 0.5) is 5.69 Å². The SMILES string of the molecule is COc1ccc(-c2nc(-c3ccc([N+](=O)[O-])cc3)sc2C)cc1OC. The average Bonchev–Trinajstić information content (AvgIpc) is 3.03. The van der Waals surface area contributed by atoms with Gasteiger partial charge in [-0.2, -0.15) is 0 Å². The van der Waals surface area contributed by atoms with Crippen molar-refractivity contribution in [1.82, 2.24) is 4.98 Å². The molecular formula is C18H16N2O4S. The molecule has 0 saturated heterocycles. The number of benzene rings is 2.